The van der Waals surface area contributed by atoms with Crippen LogP contribution in [0.5, 0.6) is 0 Å². The fourth-order valence-electron chi connectivity index (χ4n) is 8.40. The molecule has 0 unspecified atom stereocenters. The number of fused-ring (bicyclic) bond motifs is 2. The van der Waals surface area contributed by atoms with E-state index in [1.165, 1.54) is 66.4 Å². The van der Waals surface area contributed by atoms with Gasteiger partial charge < -0.3 is 4.90 Å². The van der Waals surface area contributed by atoms with Crippen LogP contribution < -0.4 is 4.90 Å². The lowest BCUT2D eigenvalue weighted by Crippen LogP contribution is -2.10. The first-order chi connectivity index (χ1) is 28.7. The van der Waals surface area contributed by atoms with Crippen LogP contribution >= 0.6 is 0 Å². The molecule has 0 atom stereocenters. The van der Waals surface area contributed by atoms with Crippen LogP contribution in [0.3, 0.4) is 0 Å². The van der Waals surface area contributed by atoms with Gasteiger partial charge in [-0.15, -0.1) is 0 Å². The molecule has 0 radical (unpaired) electrons. The smallest absolute Gasteiger partial charge is 0.0468 e. The van der Waals surface area contributed by atoms with E-state index >= 15 is 0 Å². The van der Waals surface area contributed by atoms with E-state index in [0.717, 1.165) is 41.0 Å². The van der Waals surface area contributed by atoms with Gasteiger partial charge in [0.25, 0.3) is 0 Å². The van der Waals surface area contributed by atoms with Crippen LogP contribution in [0.15, 0.2) is 219 Å². The zero-order chi connectivity index (χ0) is 39.3. The molecule has 1 aliphatic carbocycles. The second-order valence-corrected chi connectivity index (χ2v) is 14.8. The molecule has 58 heavy (non-hydrogen) atoms. The monoisotopic (exact) mass is 743 g/mol. The molecular formula is C57H45N. The van der Waals surface area contributed by atoms with Crippen molar-refractivity contribution in [3.8, 4) is 44.5 Å². The van der Waals surface area contributed by atoms with E-state index in [1.807, 2.05) is 6.08 Å². The summed E-state index contributed by atoms with van der Waals surface area (Å²) in [7, 11) is 0. The molecule has 0 N–H and O–H groups in total. The van der Waals surface area contributed by atoms with Gasteiger partial charge in [0.2, 0.25) is 0 Å². The molecule has 8 aromatic carbocycles. The van der Waals surface area contributed by atoms with Crippen LogP contribution in [-0.4, -0.2) is 0 Å². The fourth-order valence-corrected chi connectivity index (χ4v) is 8.40. The zero-order valence-electron chi connectivity index (χ0n) is 32.9. The highest BCUT2D eigenvalue weighted by Crippen LogP contribution is 2.41. The number of hydrogen-bond donors (Lipinski definition) is 0. The summed E-state index contributed by atoms with van der Waals surface area (Å²) >= 11 is 0. The summed E-state index contributed by atoms with van der Waals surface area (Å²) in [5, 5.41) is 2.50. The summed E-state index contributed by atoms with van der Waals surface area (Å²) in [6, 6.07) is 66.3. The summed E-state index contributed by atoms with van der Waals surface area (Å²) < 4.78 is 0. The van der Waals surface area contributed by atoms with E-state index in [0.29, 0.717) is 0 Å². The van der Waals surface area contributed by atoms with Crippen molar-refractivity contribution in [3.63, 3.8) is 0 Å². The zero-order valence-corrected chi connectivity index (χ0v) is 32.9. The third-order valence-electron chi connectivity index (χ3n) is 11.2. The maximum atomic E-state index is 4.06. The van der Waals surface area contributed by atoms with Crippen LogP contribution in [0.1, 0.15) is 30.0 Å². The molecule has 0 aromatic heterocycles. The number of anilines is 3. The van der Waals surface area contributed by atoms with Crippen LogP contribution in [0, 0.1) is 0 Å². The first-order valence-corrected chi connectivity index (χ1v) is 20.2. The summed E-state index contributed by atoms with van der Waals surface area (Å²) in [4.78, 5) is 2.37. The van der Waals surface area contributed by atoms with Gasteiger partial charge in [0.1, 0.15) is 0 Å². The first kappa shape index (κ1) is 36.4. The van der Waals surface area contributed by atoms with Gasteiger partial charge in [0.05, 0.1) is 0 Å². The van der Waals surface area contributed by atoms with Crippen molar-refractivity contribution in [2.24, 2.45) is 0 Å². The summed E-state index contributed by atoms with van der Waals surface area (Å²) in [6.07, 6.45) is 15.0. The highest BCUT2D eigenvalue weighted by Gasteiger charge is 2.18. The maximum absolute atomic E-state index is 4.06. The van der Waals surface area contributed by atoms with Gasteiger partial charge in [-0.25, -0.2) is 0 Å². The van der Waals surface area contributed by atoms with Gasteiger partial charge in [-0.2, -0.15) is 0 Å². The molecule has 1 aliphatic rings. The molecule has 1 heteroatoms. The molecule has 9 rings (SSSR count). The molecule has 0 spiro atoms. The van der Waals surface area contributed by atoms with E-state index < -0.39 is 0 Å². The lowest BCUT2D eigenvalue weighted by Gasteiger charge is -2.27. The lowest BCUT2D eigenvalue weighted by atomic mass is 9.89. The Balaban J connectivity index is 1.12. The van der Waals surface area contributed by atoms with Gasteiger partial charge >= 0.3 is 0 Å². The Hall–Kier alpha value is -7.22. The number of hydrogen-bond acceptors (Lipinski definition) is 1. The minimum absolute atomic E-state index is 1.07. The predicted molar refractivity (Wildman–Crippen MR) is 251 cm³/mol. The Bertz CT molecular complexity index is 2810. The molecule has 0 heterocycles. The quantitative estimate of drug-likeness (QED) is 0.126. The topological polar surface area (TPSA) is 3.24 Å². The van der Waals surface area contributed by atoms with Crippen molar-refractivity contribution in [2.45, 2.75) is 19.8 Å². The molecular weight excluding hydrogens is 699 g/mol. The molecule has 0 saturated heterocycles. The van der Waals surface area contributed by atoms with Gasteiger partial charge in [-0.1, -0.05) is 189 Å². The highest BCUT2D eigenvalue weighted by molar-refractivity contribution is 5.97. The fraction of sp³-hybridized carbons (Fsp3) is 0.0526. The van der Waals surface area contributed by atoms with Crippen LogP contribution in [0.2, 0.25) is 0 Å². The van der Waals surface area contributed by atoms with Crippen LogP contribution in [0.25, 0.3) is 66.9 Å². The first-order valence-electron chi connectivity index (χ1n) is 20.2. The van der Waals surface area contributed by atoms with Gasteiger partial charge in [-0.3, -0.25) is 0 Å². The molecule has 0 bridgehead atoms. The standard InChI is InChI=1S/C57H45N/c1-3-14-43(15-4-2)57-40-51(38-39-56(57)44-16-6-5-7-17-44)58(50-36-32-48(33-37-50)55-25-13-21-46-19-9-11-23-53(46)55)49-34-30-42(31-35-49)41-26-28-47(29-27-41)54-24-12-20-45-18-8-10-22-52(45)54/h3-7,9-17,19-40H,1,8,18H2,2H3/b15-4-,43-14+. The number of benzene rings is 8. The lowest BCUT2D eigenvalue weighted by molar-refractivity contribution is 0.986. The highest BCUT2D eigenvalue weighted by atomic mass is 15.1. The minimum atomic E-state index is 1.07. The van der Waals surface area contributed by atoms with Crippen molar-refractivity contribution >= 4 is 39.5 Å². The normalized spacial score (nSPS) is 12.5. The summed E-state index contributed by atoms with van der Waals surface area (Å²) in [5.74, 6) is 0. The van der Waals surface area contributed by atoms with Crippen molar-refractivity contribution in [1.82, 2.24) is 0 Å². The Morgan fingerprint density at radius 2 is 1.12 bits per heavy atom. The van der Waals surface area contributed by atoms with E-state index in [4.69, 9.17) is 0 Å². The minimum Gasteiger partial charge on any atom is -0.310 e. The van der Waals surface area contributed by atoms with E-state index in [2.05, 4.69) is 231 Å². The number of allylic oxidation sites excluding steroid dienone is 6. The predicted octanol–water partition coefficient (Wildman–Crippen LogP) is 16.1. The number of nitrogens with zero attached hydrogens (tertiary/aromatic N) is 1. The van der Waals surface area contributed by atoms with Crippen LogP contribution in [0.4, 0.5) is 17.1 Å². The summed E-state index contributed by atoms with van der Waals surface area (Å²) in [5.41, 5.74) is 18.0. The SMILES string of the molecule is C=C/C=C(\C=C/C)c1cc(N(c2ccc(-c3ccc(-c4cccc5c4C=CCC5)cc3)cc2)c2ccc(-c3cccc4ccccc34)cc2)ccc1-c1ccccc1. The average Bonchev–Trinajstić information content (AvgIpc) is 3.29. The van der Waals surface area contributed by atoms with Gasteiger partial charge in [0.15, 0.2) is 0 Å². The molecule has 0 amide bonds. The van der Waals surface area contributed by atoms with E-state index in [-0.39, 0.29) is 0 Å². The van der Waals surface area contributed by atoms with Gasteiger partial charge in [0, 0.05) is 17.1 Å². The second-order valence-electron chi connectivity index (χ2n) is 14.8. The largest absolute Gasteiger partial charge is 0.310 e. The van der Waals surface area contributed by atoms with Crippen molar-refractivity contribution in [1.29, 1.82) is 0 Å². The Morgan fingerprint density at radius 1 is 0.534 bits per heavy atom. The van der Waals surface area contributed by atoms with Crippen molar-refractivity contribution in [2.75, 3.05) is 4.90 Å². The van der Waals surface area contributed by atoms with E-state index in [1.54, 1.807) is 0 Å². The number of aryl methyl sites for hydroxylation is 1. The third-order valence-corrected chi connectivity index (χ3v) is 11.2. The Kier molecular flexibility index (Phi) is 10.3. The second kappa shape index (κ2) is 16.5. The Morgan fingerprint density at radius 3 is 1.86 bits per heavy atom. The molecule has 8 aromatic rings. The van der Waals surface area contributed by atoms with Crippen molar-refractivity contribution in [3.05, 3.63) is 236 Å². The molecule has 0 fully saturated rings. The Labute approximate surface area is 342 Å². The van der Waals surface area contributed by atoms with E-state index in [9.17, 15) is 0 Å². The molecule has 1 nitrogen and oxygen atoms in total. The van der Waals surface area contributed by atoms with Crippen molar-refractivity contribution < 1.29 is 0 Å². The summed E-state index contributed by atoms with van der Waals surface area (Å²) in [6.45, 7) is 6.13. The molecule has 0 saturated carbocycles. The third kappa shape index (κ3) is 7.27. The number of rotatable bonds is 10. The molecule has 0 aliphatic heterocycles. The molecule has 278 valence electrons. The van der Waals surface area contributed by atoms with Crippen LogP contribution in [-0.2, 0) is 6.42 Å². The average molecular weight is 744 g/mol. The maximum Gasteiger partial charge on any atom is 0.0468 e. The van der Waals surface area contributed by atoms with Gasteiger partial charge in [-0.05, 0) is 134 Å².